The number of primary amides is 1. The molecule has 0 aromatic heterocycles. The minimum Gasteiger partial charge on any atom is -0.369 e. The van der Waals surface area contributed by atoms with Crippen LogP contribution in [-0.2, 0) is 25.6 Å². The number of rotatable bonds is 13. The second-order valence-corrected chi connectivity index (χ2v) is 9.48. The Balaban J connectivity index is 3.35. The number of benzene rings is 1. The van der Waals surface area contributed by atoms with E-state index in [-0.39, 0.29) is 31.8 Å². The minimum atomic E-state index is -1.54. The molecule has 1 aromatic rings. The normalized spacial score (nSPS) is 15.0. The van der Waals surface area contributed by atoms with Crippen LogP contribution in [-0.4, -0.2) is 53.5 Å². The van der Waals surface area contributed by atoms with Crippen molar-refractivity contribution in [1.82, 2.24) is 15.7 Å². The summed E-state index contributed by atoms with van der Waals surface area (Å²) in [7, 11) is 0. The van der Waals surface area contributed by atoms with Gasteiger partial charge >= 0.3 is 0 Å². The number of nitrogens with zero attached hydrogens (tertiary/aromatic N) is 1. The van der Waals surface area contributed by atoms with Crippen LogP contribution in [0.4, 0.5) is 0 Å². The molecule has 0 aliphatic heterocycles. The average molecular weight is 463 g/mol. The first-order valence-electron chi connectivity index (χ1n) is 11.2. The van der Waals surface area contributed by atoms with E-state index in [1.807, 2.05) is 51.1 Å². The maximum Gasteiger partial charge on any atom is 0.233 e. The maximum atomic E-state index is 13.4. The van der Waals surface area contributed by atoms with Gasteiger partial charge in [-0.15, -0.1) is 0 Å². The van der Waals surface area contributed by atoms with Gasteiger partial charge in [-0.1, -0.05) is 51.1 Å². The minimum absolute atomic E-state index is 0.161. The van der Waals surface area contributed by atoms with Crippen molar-refractivity contribution in [2.75, 3.05) is 13.1 Å². The van der Waals surface area contributed by atoms with E-state index in [1.54, 1.807) is 0 Å². The molecule has 0 heterocycles. The molecular formula is C24H38N4O5. The smallest absolute Gasteiger partial charge is 0.233 e. The first-order valence-corrected chi connectivity index (χ1v) is 11.2. The Bertz CT molecular complexity index is 809. The predicted octanol–water partition coefficient (Wildman–Crippen LogP) is 1.63. The fourth-order valence-corrected chi connectivity index (χ4v) is 4.55. The molecule has 33 heavy (non-hydrogen) atoms. The van der Waals surface area contributed by atoms with Crippen LogP contribution in [0, 0.1) is 16.7 Å². The Morgan fingerprint density at radius 3 is 2.18 bits per heavy atom. The lowest BCUT2D eigenvalue weighted by atomic mass is 9.57. The summed E-state index contributed by atoms with van der Waals surface area (Å²) in [6, 6.07) is 8.63. The van der Waals surface area contributed by atoms with E-state index >= 15 is 0 Å². The summed E-state index contributed by atoms with van der Waals surface area (Å²) in [6.07, 6.45) is 1.55. The molecule has 4 amide bonds. The number of hydroxylamine groups is 2. The molecule has 9 nitrogen and oxygen atoms in total. The number of hydrogen-bond donors (Lipinski definition) is 4. The molecule has 0 aliphatic rings. The number of hydrogen-bond acceptors (Lipinski definition) is 5. The first kappa shape index (κ1) is 28.1. The monoisotopic (exact) mass is 462 g/mol. The van der Waals surface area contributed by atoms with E-state index in [0.717, 1.165) is 5.56 Å². The number of carbonyl (C=O) groups excluding carboxylic acids is 4. The Hall–Kier alpha value is -2.94. The van der Waals surface area contributed by atoms with E-state index < -0.39 is 34.6 Å². The highest BCUT2D eigenvalue weighted by Crippen LogP contribution is 2.47. The van der Waals surface area contributed by atoms with Gasteiger partial charge in [-0.25, -0.2) is 5.06 Å². The Labute approximate surface area is 196 Å². The van der Waals surface area contributed by atoms with Crippen molar-refractivity contribution in [2.24, 2.45) is 22.5 Å². The summed E-state index contributed by atoms with van der Waals surface area (Å²) in [6.45, 7) is 8.73. The van der Waals surface area contributed by atoms with Crippen molar-refractivity contribution in [3.05, 3.63) is 35.9 Å². The van der Waals surface area contributed by atoms with Gasteiger partial charge < -0.3 is 16.4 Å². The fourth-order valence-electron chi connectivity index (χ4n) is 4.55. The van der Waals surface area contributed by atoms with E-state index in [0.29, 0.717) is 17.9 Å². The van der Waals surface area contributed by atoms with Gasteiger partial charge in [0.15, 0.2) is 0 Å². The summed E-state index contributed by atoms with van der Waals surface area (Å²) in [5.41, 5.74) is 4.73. The zero-order chi connectivity index (χ0) is 25.2. The van der Waals surface area contributed by atoms with Crippen LogP contribution < -0.4 is 16.4 Å². The SMILES string of the molecule is CC(=O)NCCNC(=O)[C@@H](C(C)(C)C)C(CCCc1ccccc1)(C(N)=O)[C@H](C)N(O)C=O. The first-order chi connectivity index (χ1) is 15.4. The van der Waals surface area contributed by atoms with Crippen molar-refractivity contribution in [2.45, 2.75) is 59.9 Å². The third-order valence-corrected chi connectivity index (χ3v) is 6.05. The quantitative estimate of drug-likeness (QED) is 0.153. The molecule has 1 rings (SSSR count). The Kier molecular flexibility index (Phi) is 10.5. The van der Waals surface area contributed by atoms with Gasteiger partial charge in [0.1, 0.15) is 0 Å². The van der Waals surface area contributed by atoms with Crippen LogP contribution >= 0.6 is 0 Å². The lowest BCUT2D eigenvalue weighted by molar-refractivity contribution is -0.187. The molecule has 5 N–H and O–H groups in total. The molecule has 3 atom stereocenters. The average Bonchev–Trinajstić information content (AvgIpc) is 2.74. The second-order valence-electron chi connectivity index (χ2n) is 9.48. The van der Waals surface area contributed by atoms with Crippen molar-refractivity contribution in [3.63, 3.8) is 0 Å². The molecule has 1 aromatic carbocycles. The molecule has 0 radical (unpaired) electrons. The van der Waals surface area contributed by atoms with Gasteiger partial charge in [0.25, 0.3) is 0 Å². The van der Waals surface area contributed by atoms with Crippen LogP contribution in [0.15, 0.2) is 30.3 Å². The molecule has 9 heteroatoms. The van der Waals surface area contributed by atoms with Crippen molar-refractivity contribution < 1.29 is 24.4 Å². The van der Waals surface area contributed by atoms with E-state index in [1.165, 1.54) is 13.8 Å². The molecular weight excluding hydrogens is 424 g/mol. The van der Waals surface area contributed by atoms with Crippen LogP contribution in [0.5, 0.6) is 0 Å². The van der Waals surface area contributed by atoms with Crippen LogP contribution in [0.2, 0.25) is 0 Å². The summed E-state index contributed by atoms with van der Waals surface area (Å²) in [5, 5.41) is 16.1. The fraction of sp³-hybridized carbons (Fsp3) is 0.583. The van der Waals surface area contributed by atoms with Gasteiger partial charge in [-0.3, -0.25) is 24.4 Å². The summed E-state index contributed by atoms with van der Waals surface area (Å²) in [5.74, 6) is -2.38. The molecule has 0 bridgehead atoms. The molecule has 1 unspecified atom stereocenters. The zero-order valence-corrected chi connectivity index (χ0v) is 20.3. The largest absolute Gasteiger partial charge is 0.369 e. The van der Waals surface area contributed by atoms with Gasteiger partial charge in [0.2, 0.25) is 24.1 Å². The maximum absolute atomic E-state index is 13.4. The van der Waals surface area contributed by atoms with Gasteiger partial charge in [-0.05, 0) is 37.2 Å². The third-order valence-electron chi connectivity index (χ3n) is 6.05. The van der Waals surface area contributed by atoms with E-state index in [2.05, 4.69) is 10.6 Å². The van der Waals surface area contributed by atoms with E-state index in [4.69, 9.17) is 5.73 Å². The highest BCUT2D eigenvalue weighted by molar-refractivity contribution is 5.91. The molecule has 184 valence electrons. The molecule has 0 saturated heterocycles. The lowest BCUT2D eigenvalue weighted by Gasteiger charge is -2.48. The van der Waals surface area contributed by atoms with Crippen molar-refractivity contribution >= 4 is 24.1 Å². The van der Waals surface area contributed by atoms with Crippen molar-refractivity contribution in [3.8, 4) is 0 Å². The highest BCUT2D eigenvalue weighted by atomic mass is 16.5. The number of nitrogens with one attached hydrogen (secondary N) is 2. The Morgan fingerprint density at radius 2 is 1.70 bits per heavy atom. The lowest BCUT2D eigenvalue weighted by Crippen LogP contribution is -2.62. The van der Waals surface area contributed by atoms with E-state index in [9.17, 15) is 24.4 Å². The highest BCUT2D eigenvalue weighted by Gasteiger charge is 2.57. The van der Waals surface area contributed by atoms with Crippen LogP contribution in [0.3, 0.4) is 0 Å². The number of carbonyl (C=O) groups is 4. The standard InChI is InChI=1S/C24H38N4O5/c1-17(28(33)16-29)24(22(25)32,13-9-12-19-10-7-6-8-11-19)20(23(3,4)5)21(31)27-15-14-26-18(2)30/h6-8,10-11,16-17,20,33H,9,12-15H2,1-5H3,(H2,25,32)(H,26,30)(H,27,31)/t17-,20-,24?/m0/s1. The van der Waals surface area contributed by atoms with Gasteiger partial charge in [0.05, 0.1) is 17.4 Å². The van der Waals surface area contributed by atoms with Crippen LogP contribution in [0.25, 0.3) is 0 Å². The summed E-state index contributed by atoms with van der Waals surface area (Å²) in [4.78, 5) is 49.0. The summed E-state index contributed by atoms with van der Waals surface area (Å²) >= 11 is 0. The number of aryl methyl sites for hydroxylation is 1. The van der Waals surface area contributed by atoms with Gasteiger partial charge in [0, 0.05) is 20.0 Å². The molecule has 0 spiro atoms. The Morgan fingerprint density at radius 1 is 1.12 bits per heavy atom. The van der Waals surface area contributed by atoms with Crippen LogP contribution in [0.1, 0.15) is 53.0 Å². The zero-order valence-electron chi connectivity index (χ0n) is 20.3. The number of nitrogens with two attached hydrogens (primary N) is 1. The molecule has 0 fully saturated rings. The molecule has 0 aliphatic carbocycles. The van der Waals surface area contributed by atoms with Gasteiger partial charge in [-0.2, -0.15) is 0 Å². The summed E-state index contributed by atoms with van der Waals surface area (Å²) < 4.78 is 0. The third kappa shape index (κ3) is 7.56. The topological polar surface area (TPSA) is 142 Å². The molecule has 0 saturated carbocycles. The van der Waals surface area contributed by atoms with Crippen molar-refractivity contribution in [1.29, 1.82) is 0 Å². The number of amides is 4. The predicted molar refractivity (Wildman–Crippen MR) is 125 cm³/mol. The second kappa shape index (κ2) is 12.3.